The van der Waals surface area contributed by atoms with E-state index in [-0.39, 0.29) is 41.1 Å². The van der Waals surface area contributed by atoms with E-state index in [0.29, 0.717) is 5.69 Å². The number of benzene rings is 2. The monoisotopic (exact) mass is 501 g/mol. The molecule has 1 aromatic heterocycles. The van der Waals surface area contributed by atoms with Crippen LogP contribution < -0.4 is 19.5 Å². The maximum atomic E-state index is 12.4. The highest BCUT2D eigenvalue weighted by Gasteiger charge is 2.32. The Balaban J connectivity index is 1.46. The summed E-state index contributed by atoms with van der Waals surface area (Å²) in [6.45, 7) is -0.00867. The summed E-state index contributed by atoms with van der Waals surface area (Å²) in [5.41, 5.74) is 0.387. The molecule has 0 bridgehead atoms. The van der Waals surface area contributed by atoms with Crippen molar-refractivity contribution in [1.29, 1.82) is 0 Å². The van der Waals surface area contributed by atoms with Gasteiger partial charge in [-0.3, -0.25) is 9.52 Å². The lowest BCUT2D eigenvalue weighted by Crippen LogP contribution is -2.18. The Labute approximate surface area is 191 Å². The fourth-order valence-electron chi connectivity index (χ4n) is 2.58. The Kier molecular flexibility index (Phi) is 7.76. The fraction of sp³-hybridized carbons (Fsp3) is 0.200. The zero-order valence-corrected chi connectivity index (χ0v) is 18.5. The maximum absolute atomic E-state index is 12.4. The number of halogens is 3. The van der Waals surface area contributed by atoms with Crippen LogP contribution >= 0.6 is 11.3 Å². The minimum Gasteiger partial charge on any atom is -0.490 e. The van der Waals surface area contributed by atoms with Gasteiger partial charge in [0.2, 0.25) is 5.91 Å². The van der Waals surface area contributed by atoms with Crippen molar-refractivity contribution in [3.8, 4) is 11.5 Å². The Morgan fingerprint density at radius 2 is 1.76 bits per heavy atom. The molecular weight excluding hydrogens is 483 g/mol. The molecule has 0 aliphatic carbocycles. The third-order valence-electron chi connectivity index (χ3n) is 3.98. The zero-order chi connectivity index (χ0) is 23.9. The minimum absolute atomic E-state index is 0.00356. The summed E-state index contributed by atoms with van der Waals surface area (Å²) >= 11 is 1.14. The average molecular weight is 502 g/mol. The minimum atomic E-state index is -4.84. The molecule has 2 N–H and O–H groups in total. The number of sulfonamides is 1. The molecule has 3 rings (SSSR count). The number of rotatable bonds is 10. The molecule has 8 nitrogen and oxygen atoms in total. The summed E-state index contributed by atoms with van der Waals surface area (Å²) in [4.78, 5) is 16.0. The number of carbonyl (C=O) groups excluding carboxylic acids is 1. The van der Waals surface area contributed by atoms with Gasteiger partial charge >= 0.3 is 6.36 Å². The van der Waals surface area contributed by atoms with Crippen LogP contribution in [0.3, 0.4) is 0 Å². The predicted octanol–water partition coefficient (Wildman–Crippen LogP) is 4.64. The van der Waals surface area contributed by atoms with E-state index < -0.39 is 22.1 Å². The molecular formula is C20H18F3N3O5S2. The number of carbonyl (C=O) groups is 1. The van der Waals surface area contributed by atoms with Crippen molar-refractivity contribution in [3.63, 3.8) is 0 Å². The van der Waals surface area contributed by atoms with Gasteiger partial charge in [-0.1, -0.05) is 12.1 Å². The second kappa shape index (κ2) is 10.5. The fourth-order valence-corrected chi connectivity index (χ4v) is 4.37. The molecule has 176 valence electrons. The third-order valence-corrected chi connectivity index (χ3v) is 6.16. The second-order valence-electron chi connectivity index (χ2n) is 6.46. The van der Waals surface area contributed by atoms with Crippen LogP contribution in [0.2, 0.25) is 0 Å². The first-order chi connectivity index (χ1) is 15.6. The molecule has 0 saturated heterocycles. The van der Waals surface area contributed by atoms with Crippen LogP contribution in [0.25, 0.3) is 0 Å². The highest BCUT2D eigenvalue weighted by atomic mass is 32.2. The quantitative estimate of drug-likeness (QED) is 0.392. The van der Waals surface area contributed by atoms with Crippen molar-refractivity contribution in [3.05, 3.63) is 60.1 Å². The molecule has 0 saturated carbocycles. The molecule has 0 fully saturated rings. The van der Waals surface area contributed by atoms with Crippen molar-refractivity contribution in [1.82, 2.24) is 4.98 Å². The molecule has 0 radical (unpaired) electrons. The molecule has 0 atom stereocenters. The van der Waals surface area contributed by atoms with Crippen molar-refractivity contribution in [2.45, 2.75) is 24.1 Å². The summed E-state index contributed by atoms with van der Waals surface area (Å²) in [5, 5.41) is 4.49. The summed E-state index contributed by atoms with van der Waals surface area (Å²) in [5.74, 6) is -0.915. The van der Waals surface area contributed by atoms with Crippen LogP contribution in [0, 0.1) is 0 Å². The number of para-hydroxylation sites is 2. The average Bonchev–Trinajstić information content (AvgIpc) is 3.24. The van der Waals surface area contributed by atoms with E-state index in [4.69, 9.17) is 4.74 Å². The van der Waals surface area contributed by atoms with E-state index in [2.05, 4.69) is 19.8 Å². The highest BCUT2D eigenvalue weighted by Crippen LogP contribution is 2.31. The lowest BCUT2D eigenvalue weighted by atomic mass is 10.2. The molecule has 3 aromatic rings. The van der Waals surface area contributed by atoms with Crippen LogP contribution in [-0.2, 0) is 14.8 Å². The van der Waals surface area contributed by atoms with Crippen molar-refractivity contribution >= 4 is 38.1 Å². The number of alkyl halides is 3. The van der Waals surface area contributed by atoms with Gasteiger partial charge in [-0.25, -0.2) is 13.4 Å². The van der Waals surface area contributed by atoms with Crippen LogP contribution in [0.1, 0.15) is 12.8 Å². The van der Waals surface area contributed by atoms with E-state index in [1.54, 1.807) is 5.38 Å². The number of anilines is 2. The van der Waals surface area contributed by atoms with Gasteiger partial charge < -0.3 is 14.8 Å². The van der Waals surface area contributed by atoms with Crippen LogP contribution in [0.5, 0.6) is 11.5 Å². The highest BCUT2D eigenvalue weighted by molar-refractivity contribution is 7.93. The summed E-state index contributed by atoms with van der Waals surface area (Å²) < 4.78 is 73.4. The molecule has 0 aliphatic rings. The predicted molar refractivity (Wildman–Crippen MR) is 116 cm³/mol. The number of hydrogen-bond acceptors (Lipinski definition) is 7. The maximum Gasteiger partial charge on any atom is 0.573 e. The van der Waals surface area contributed by atoms with E-state index in [1.807, 2.05) is 0 Å². The standard InChI is InChI=1S/C20H18F3N3O5S2/c21-20(22,23)31-17-5-2-1-4-16(17)30-12-3-6-18(27)25-14-7-9-15(10-8-14)33(28,29)26-19-24-11-13-32-19/h1-2,4-5,7-11,13H,3,6,12H2,(H,24,26)(H,25,27). The number of aromatic nitrogens is 1. The first-order valence-corrected chi connectivity index (χ1v) is 11.8. The van der Waals surface area contributed by atoms with Crippen LogP contribution in [-0.4, -0.2) is 32.3 Å². The van der Waals surface area contributed by atoms with Crippen molar-refractivity contribution in [2.24, 2.45) is 0 Å². The SMILES string of the molecule is O=C(CCCOc1ccccc1OC(F)(F)F)Nc1ccc(S(=O)(=O)Nc2nccs2)cc1. The first-order valence-electron chi connectivity index (χ1n) is 9.42. The Morgan fingerprint density at radius 1 is 1.06 bits per heavy atom. The van der Waals surface area contributed by atoms with E-state index in [9.17, 15) is 26.4 Å². The molecule has 0 spiro atoms. The van der Waals surface area contributed by atoms with E-state index >= 15 is 0 Å². The van der Waals surface area contributed by atoms with Gasteiger partial charge in [0.05, 0.1) is 11.5 Å². The van der Waals surface area contributed by atoms with Gasteiger partial charge in [-0.15, -0.1) is 24.5 Å². The van der Waals surface area contributed by atoms with Gasteiger partial charge in [0.1, 0.15) is 0 Å². The first kappa shape index (κ1) is 24.3. The number of amides is 1. The molecule has 13 heteroatoms. The molecule has 0 unspecified atom stereocenters. The summed E-state index contributed by atoms with van der Waals surface area (Å²) in [7, 11) is -3.80. The Bertz CT molecular complexity index is 1170. The lowest BCUT2D eigenvalue weighted by Gasteiger charge is -2.13. The van der Waals surface area contributed by atoms with Crippen LogP contribution in [0.4, 0.5) is 24.0 Å². The van der Waals surface area contributed by atoms with E-state index in [0.717, 1.165) is 17.4 Å². The summed E-state index contributed by atoms with van der Waals surface area (Å²) in [6, 6.07) is 10.9. The number of hydrogen-bond donors (Lipinski definition) is 2. The normalized spacial score (nSPS) is 11.6. The van der Waals surface area contributed by atoms with E-state index in [1.165, 1.54) is 48.7 Å². The molecule has 2 aromatic carbocycles. The third kappa shape index (κ3) is 7.64. The van der Waals surface area contributed by atoms with Crippen molar-refractivity contribution in [2.75, 3.05) is 16.6 Å². The Hall–Kier alpha value is -3.32. The molecule has 1 heterocycles. The van der Waals surface area contributed by atoms with Gasteiger partial charge in [0.25, 0.3) is 10.0 Å². The number of nitrogens with zero attached hydrogens (tertiary/aromatic N) is 1. The number of ether oxygens (including phenoxy) is 2. The van der Waals surface area contributed by atoms with Crippen LogP contribution in [0.15, 0.2) is 65.0 Å². The number of thiazole rings is 1. The van der Waals surface area contributed by atoms with Gasteiger partial charge in [-0.2, -0.15) is 0 Å². The zero-order valence-electron chi connectivity index (χ0n) is 16.8. The molecule has 1 amide bonds. The smallest absolute Gasteiger partial charge is 0.490 e. The van der Waals surface area contributed by atoms with Crippen molar-refractivity contribution < 1.29 is 35.9 Å². The van der Waals surface area contributed by atoms with Gasteiger partial charge in [0.15, 0.2) is 16.6 Å². The number of nitrogens with one attached hydrogen (secondary N) is 2. The topological polar surface area (TPSA) is 107 Å². The Morgan fingerprint density at radius 3 is 2.39 bits per heavy atom. The second-order valence-corrected chi connectivity index (χ2v) is 9.04. The molecule has 0 aliphatic heterocycles. The van der Waals surface area contributed by atoms with Gasteiger partial charge in [0, 0.05) is 23.7 Å². The lowest BCUT2D eigenvalue weighted by molar-refractivity contribution is -0.275. The summed E-state index contributed by atoms with van der Waals surface area (Å²) in [6.07, 6.45) is -3.10. The largest absolute Gasteiger partial charge is 0.573 e. The van der Waals surface area contributed by atoms with Gasteiger partial charge in [-0.05, 0) is 42.8 Å². The molecule has 33 heavy (non-hydrogen) atoms.